The van der Waals surface area contributed by atoms with E-state index in [2.05, 4.69) is 16.3 Å². The number of carbonyl (C=O) groups excluding carboxylic acids is 1. The van der Waals surface area contributed by atoms with Gasteiger partial charge in [-0.25, -0.2) is 4.79 Å². The van der Waals surface area contributed by atoms with Crippen molar-refractivity contribution in [2.24, 2.45) is 0 Å². The van der Waals surface area contributed by atoms with Crippen molar-refractivity contribution in [2.75, 3.05) is 13.7 Å². The van der Waals surface area contributed by atoms with Crippen LogP contribution in [0.2, 0.25) is 5.02 Å². The summed E-state index contributed by atoms with van der Waals surface area (Å²) in [6, 6.07) is 9.20. The van der Waals surface area contributed by atoms with Gasteiger partial charge in [-0.05, 0) is 35.1 Å². The van der Waals surface area contributed by atoms with E-state index in [1.807, 2.05) is 24.3 Å². The van der Waals surface area contributed by atoms with Crippen LogP contribution < -0.4 is 0 Å². The highest BCUT2D eigenvalue weighted by molar-refractivity contribution is 7.79. The van der Waals surface area contributed by atoms with Crippen LogP contribution >= 0.6 is 22.9 Å². The third-order valence-electron chi connectivity index (χ3n) is 3.84. The maximum Gasteiger partial charge on any atom is 0.394 e. The molecule has 1 aliphatic heterocycles. The van der Waals surface area contributed by atoms with Crippen LogP contribution in [-0.4, -0.2) is 42.0 Å². The summed E-state index contributed by atoms with van der Waals surface area (Å²) in [5, 5.41) is 2.71. The fourth-order valence-electron chi connectivity index (χ4n) is 2.76. The Balaban J connectivity index is 0.000000431. The molecule has 2 heterocycles. The average Bonchev–Trinajstić information content (AvgIpc) is 3.03. The fourth-order valence-corrected chi connectivity index (χ4v) is 3.96. The van der Waals surface area contributed by atoms with E-state index < -0.39 is 16.4 Å². The first-order chi connectivity index (χ1) is 12.2. The van der Waals surface area contributed by atoms with Gasteiger partial charge in [-0.1, -0.05) is 29.8 Å². The summed E-state index contributed by atoms with van der Waals surface area (Å²) in [6.07, 6.45) is 0.955. The molecule has 10 heteroatoms. The first-order valence-corrected chi connectivity index (χ1v) is 10.2. The summed E-state index contributed by atoms with van der Waals surface area (Å²) in [7, 11) is -3.24. The van der Waals surface area contributed by atoms with Crippen molar-refractivity contribution in [3.63, 3.8) is 0 Å². The van der Waals surface area contributed by atoms with Gasteiger partial charge in [0.1, 0.15) is 6.04 Å². The Morgan fingerprint density at radius 3 is 2.58 bits per heavy atom. The van der Waals surface area contributed by atoms with Crippen LogP contribution in [0.5, 0.6) is 0 Å². The zero-order valence-electron chi connectivity index (χ0n) is 13.8. The van der Waals surface area contributed by atoms with Gasteiger partial charge in [0.05, 0.1) is 7.11 Å². The van der Waals surface area contributed by atoms with Crippen LogP contribution in [0, 0.1) is 0 Å². The van der Waals surface area contributed by atoms with Gasteiger partial charge in [-0.2, -0.15) is 8.42 Å². The standard InChI is InChI=1S/C16H16ClNO2S.H2O4S/c1-20-16(19)15(12-4-2-3-5-13(12)17)18-8-6-11-7-9-21-14(11)10-18;1-5(2,3)4/h2-5,7,9,15H,6,8,10H2,1H3;(H2,1,2,3,4). The largest absolute Gasteiger partial charge is 0.468 e. The van der Waals surface area contributed by atoms with Gasteiger partial charge < -0.3 is 4.74 Å². The van der Waals surface area contributed by atoms with Gasteiger partial charge in [0.15, 0.2) is 0 Å². The highest BCUT2D eigenvalue weighted by Crippen LogP contribution is 2.34. The maximum atomic E-state index is 12.3. The van der Waals surface area contributed by atoms with Crippen molar-refractivity contribution in [3.8, 4) is 0 Å². The van der Waals surface area contributed by atoms with Gasteiger partial charge in [0.25, 0.3) is 0 Å². The lowest BCUT2D eigenvalue weighted by Gasteiger charge is -2.33. The first kappa shape index (κ1) is 20.8. The lowest BCUT2D eigenvalue weighted by atomic mass is 10.0. The summed E-state index contributed by atoms with van der Waals surface area (Å²) in [6.45, 7) is 1.59. The number of thiophene rings is 1. The van der Waals surface area contributed by atoms with Crippen molar-refractivity contribution >= 4 is 39.3 Å². The predicted octanol–water partition coefficient (Wildman–Crippen LogP) is 3.02. The monoisotopic (exact) mass is 419 g/mol. The molecule has 3 rings (SSSR count). The van der Waals surface area contributed by atoms with Crippen molar-refractivity contribution < 1.29 is 27.1 Å². The van der Waals surface area contributed by atoms with Crippen LogP contribution in [0.4, 0.5) is 0 Å². The number of methoxy groups -OCH3 is 1. The van der Waals surface area contributed by atoms with E-state index in [9.17, 15) is 4.79 Å². The third-order valence-corrected chi connectivity index (χ3v) is 5.13. The zero-order valence-corrected chi connectivity index (χ0v) is 16.2. The van der Waals surface area contributed by atoms with Crippen molar-refractivity contribution in [2.45, 2.75) is 19.0 Å². The topological polar surface area (TPSA) is 104 Å². The smallest absolute Gasteiger partial charge is 0.394 e. The molecule has 142 valence electrons. The zero-order chi connectivity index (χ0) is 19.3. The third kappa shape index (κ3) is 5.76. The Kier molecular flexibility index (Phi) is 7.16. The van der Waals surface area contributed by atoms with E-state index in [0.29, 0.717) is 5.02 Å². The molecule has 1 unspecified atom stereocenters. The number of fused-ring (bicyclic) bond motifs is 1. The number of halogens is 1. The molecule has 2 N–H and O–H groups in total. The normalized spacial score (nSPS) is 15.4. The molecule has 0 saturated carbocycles. The van der Waals surface area contributed by atoms with Gasteiger partial charge in [-0.15, -0.1) is 11.3 Å². The van der Waals surface area contributed by atoms with Gasteiger partial charge in [0, 0.05) is 23.0 Å². The molecule has 0 bridgehead atoms. The minimum absolute atomic E-state index is 0.261. The molecule has 0 amide bonds. The molecule has 0 aliphatic carbocycles. The molecule has 26 heavy (non-hydrogen) atoms. The molecule has 0 saturated heterocycles. The Morgan fingerprint density at radius 1 is 1.31 bits per heavy atom. The molecule has 7 nitrogen and oxygen atoms in total. The number of rotatable bonds is 3. The maximum absolute atomic E-state index is 12.3. The van der Waals surface area contributed by atoms with Crippen molar-refractivity contribution in [3.05, 3.63) is 56.7 Å². The number of benzene rings is 1. The van der Waals surface area contributed by atoms with E-state index in [-0.39, 0.29) is 5.97 Å². The van der Waals surface area contributed by atoms with E-state index in [1.54, 1.807) is 11.3 Å². The van der Waals surface area contributed by atoms with E-state index in [4.69, 9.17) is 33.9 Å². The molecule has 1 aliphatic rings. The van der Waals surface area contributed by atoms with E-state index in [1.165, 1.54) is 17.6 Å². The number of nitrogens with zero attached hydrogens (tertiary/aromatic N) is 1. The van der Waals surface area contributed by atoms with Gasteiger partial charge in [-0.3, -0.25) is 14.0 Å². The fraction of sp³-hybridized carbons (Fsp3) is 0.312. The minimum atomic E-state index is -4.67. The molecule has 1 aromatic carbocycles. The molecular weight excluding hydrogens is 402 g/mol. The van der Waals surface area contributed by atoms with Crippen LogP contribution in [0.3, 0.4) is 0 Å². The second-order valence-electron chi connectivity index (χ2n) is 5.48. The lowest BCUT2D eigenvalue weighted by molar-refractivity contribution is -0.147. The number of esters is 1. The Bertz CT molecular complexity index is 859. The molecule has 0 fully saturated rings. The first-order valence-electron chi connectivity index (χ1n) is 7.52. The van der Waals surface area contributed by atoms with Crippen LogP contribution in [0.15, 0.2) is 35.7 Å². The number of hydrogen-bond acceptors (Lipinski definition) is 6. The van der Waals surface area contributed by atoms with Crippen molar-refractivity contribution in [1.82, 2.24) is 4.90 Å². The summed E-state index contributed by atoms with van der Waals surface area (Å²) in [5.74, 6) is -0.261. The van der Waals surface area contributed by atoms with E-state index in [0.717, 1.165) is 25.1 Å². The number of hydrogen-bond donors (Lipinski definition) is 2. The van der Waals surface area contributed by atoms with Crippen LogP contribution in [0.25, 0.3) is 0 Å². The number of carbonyl (C=O) groups is 1. The Morgan fingerprint density at radius 2 is 1.96 bits per heavy atom. The molecule has 0 spiro atoms. The molecule has 0 radical (unpaired) electrons. The van der Waals surface area contributed by atoms with E-state index >= 15 is 0 Å². The molecule has 2 aromatic rings. The highest BCUT2D eigenvalue weighted by Gasteiger charge is 2.32. The summed E-state index contributed by atoms with van der Waals surface area (Å²) >= 11 is 8.02. The lowest BCUT2D eigenvalue weighted by Crippen LogP contribution is -2.38. The predicted molar refractivity (Wildman–Crippen MR) is 98.8 cm³/mol. The minimum Gasteiger partial charge on any atom is -0.468 e. The Hall–Kier alpha value is -1.49. The summed E-state index contributed by atoms with van der Waals surface area (Å²) < 4.78 is 36.6. The van der Waals surface area contributed by atoms with Crippen molar-refractivity contribution in [1.29, 1.82) is 0 Å². The Labute approximate surface area is 160 Å². The molecular formula is C16H18ClNO6S2. The molecule has 1 atom stereocenters. The quantitative estimate of drug-likeness (QED) is 0.582. The SMILES string of the molecule is COC(=O)C(c1ccccc1Cl)N1CCc2ccsc2C1.O=S(=O)(O)O. The average molecular weight is 420 g/mol. The highest BCUT2D eigenvalue weighted by atomic mass is 35.5. The summed E-state index contributed by atoms with van der Waals surface area (Å²) in [5.41, 5.74) is 2.20. The van der Waals surface area contributed by atoms with Gasteiger partial charge in [0.2, 0.25) is 0 Å². The second kappa shape index (κ2) is 8.94. The van der Waals surface area contributed by atoms with Crippen LogP contribution in [-0.2, 0) is 32.9 Å². The summed E-state index contributed by atoms with van der Waals surface area (Å²) in [4.78, 5) is 15.8. The van der Waals surface area contributed by atoms with Gasteiger partial charge >= 0.3 is 16.4 Å². The van der Waals surface area contributed by atoms with Crippen LogP contribution in [0.1, 0.15) is 22.0 Å². The number of ether oxygens (including phenoxy) is 1. The second-order valence-corrected chi connectivity index (χ2v) is 7.79. The molecule has 1 aromatic heterocycles.